The summed E-state index contributed by atoms with van der Waals surface area (Å²) in [6, 6.07) is 11.8. The average Bonchev–Trinajstić information content (AvgIpc) is 2.98. The molecule has 2 atom stereocenters. The Labute approximate surface area is 106 Å². The Morgan fingerprint density at radius 3 is 2.89 bits per heavy atom. The molecule has 1 N–H and O–H groups in total. The van der Waals surface area contributed by atoms with Gasteiger partial charge in [0.1, 0.15) is 0 Å². The molecular formula is C15H15NO2. The second-order valence-electron chi connectivity index (χ2n) is 4.81. The van der Waals surface area contributed by atoms with Gasteiger partial charge in [-0.1, -0.05) is 31.2 Å². The van der Waals surface area contributed by atoms with E-state index in [0.717, 1.165) is 6.42 Å². The van der Waals surface area contributed by atoms with Gasteiger partial charge in [-0.3, -0.25) is 4.79 Å². The summed E-state index contributed by atoms with van der Waals surface area (Å²) < 4.78 is 5.12. The molecule has 0 radical (unpaired) electrons. The van der Waals surface area contributed by atoms with Crippen LogP contribution in [-0.4, -0.2) is 5.91 Å². The second-order valence-corrected chi connectivity index (χ2v) is 4.81. The smallest absolute Gasteiger partial charge is 0.287 e. The van der Waals surface area contributed by atoms with Gasteiger partial charge in [-0.05, 0) is 35.6 Å². The number of carbonyl (C=O) groups is 1. The Bertz CT molecular complexity index is 560. The number of benzene rings is 1. The quantitative estimate of drug-likeness (QED) is 0.878. The van der Waals surface area contributed by atoms with Crippen molar-refractivity contribution < 1.29 is 9.21 Å². The fourth-order valence-electron chi connectivity index (χ4n) is 2.63. The number of hydrogen-bond donors (Lipinski definition) is 1. The van der Waals surface area contributed by atoms with E-state index in [2.05, 4.69) is 24.4 Å². The summed E-state index contributed by atoms with van der Waals surface area (Å²) in [5.41, 5.74) is 2.56. The molecule has 1 heterocycles. The molecule has 18 heavy (non-hydrogen) atoms. The van der Waals surface area contributed by atoms with Crippen LogP contribution in [0.5, 0.6) is 0 Å². The average molecular weight is 241 g/mol. The van der Waals surface area contributed by atoms with Gasteiger partial charge < -0.3 is 9.73 Å². The molecule has 92 valence electrons. The van der Waals surface area contributed by atoms with E-state index in [1.165, 1.54) is 17.4 Å². The number of fused-ring (bicyclic) bond motifs is 1. The normalized spacial score (nSPS) is 21.6. The van der Waals surface area contributed by atoms with Gasteiger partial charge in [-0.2, -0.15) is 0 Å². The number of amides is 1. The Morgan fingerprint density at radius 1 is 1.28 bits per heavy atom. The Kier molecular flexibility index (Phi) is 2.67. The van der Waals surface area contributed by atoms with Crippen LogP contribution in [0.4, 0.5) is 0 Å². The monoisotopic (exact) mass is 241 g/mol. The fraction of sp³-hybridized carbons (Fsp3) is 0.267. The fourth-order valence-corrected chi connectivity index (χ4v) is 2.63. The highest BCUT2D eigenvalue weighted by molar-refractivity contribution is 5.91. The molecule has 1 aromatic carbocycles. The van der Waals surface area contributed by atoms with Gasteiger partial charge in [-0.15, -0.1) is 0 Å². The van der Waals surface area contributed by atoms with Crippen molar-refractivity contribution in [3.63, 3.8) is 0 Å². The second kappa shape index (κ2) is 4.33. The van der Waals surface area contributed by atoms with E-state index < -0.39 is 0 Å². The lowest BCUT2D eigenvalue weighted by Gasteiger charge is -2.17. The lowest BCUT2D eigenvalue weighted by Crippen LogP contribution is -2.30. The molecule has 2 unspecified atom stereocenters. The number of carbonyl (C=O) groups excluding carboxylic acids is 1. The van der Waals surface area contributed by atoms with Gasteiger partial charge >= 0.3 is 0 Å². The summed E-state index contributed by atoms with van der Waals surface area (Å²) in [7, 11) is 0. The van der Waals surface area contributed by atoms with Crippen LogP contribution in [-0.2, 0) is 6.42 Å². The zero-order chi connectivity index (χ0) is 12.5. The Morgan fingerprint density at radius 2 is 2.11 bits per heavy atom. The van der Waals surface area contributed by atoms with Crippen molar-refractivity contribution in [1.29, 1.82) is 0 Å². The maximum Gasteiger partial charge on any atom is 0.287 e. The molecule has 0 saturated carbocycles. The van der Waals surface area contributed by atoms with Crippen LogP contribution in [0.2, 0.25) is 0 Å². The minimum absolute atomic E-state index is 0.0822. The van der Waals surface area contributed by atoms with Gasteiger partial charge in [0.15, 0.2) is 5.76 Å². The zero-order valence-electron chi connectivity index (χ0n) is 10.2. The molecule has 0 fully saturated rings. The number of nitrogens with one attached hydrogen (secondary N) is 1. The van der Waals surface area contributed by atoms with Crippen LogP contribution >= 0.6 is 0 Å². The molecule has 3 heteroatoms. The van der Waals surface area contributed by atoms with E-state index in [4.69, 9.17) is 4.42 Å². The third kappa shape index (κ3) is 1.82. The third-order valence-corrected chi connectivity index (χ3v) is 3.53. The van der Waals surface area contributed by atoms with Crippen LogP contribution in [0, 0.1) is 5.92 Å². The van der Waals surface area contributed by atoms with Crippen molar-refractivity contribution in [2.45, 2.75) is 19.4 Å². The van der Waals surface area contributed by atoms with E-state index >= 15 is 0 Å². The first-order chi connectivity index (χ1) is 8.75. The maximum atomic E-state index is 12.0. The van der Waals surface area contributed by atoms with E-state index in [9.17, 15) is 4.79 Å². The van der Waals surface area contributed by atoms with Crippen LogP contribution in [0.15, 0.2) is 47.1 Å². The van der Waals surface area contributed by atoms with Gasteiger partial charge in [0, 0.05) is 0 Å². The SMILES string of the molecule is CC1Cc2ccccc2C1NC(=O)c1ccco1. The van der Waals surface area contributed by atoms with Crippen molar-refractivity contribution in [1.82, 2.24) is 5.32 Å². The molecule has 0 aliphatic heterocycles. The van der Waals surface area contributed by atoms with Gasteiger partial charge in [0.25, 0.3) is 5.91 Å². The standard InChI is InChI=1S/C15H15NO2/c1-10-9-11-5-2-3-6-12(11)14(10)16-15(17)13-7-4-8-18-13/h2-8,10,14H,9H2,1H3,(H,16,17). The van der Waals surface area contributed by atoms with Crippen LogP contribution in [0.25, 0.3) is 0 Å². The third-order valence-electron chi connectivity index (χ3n) is 3.53. The molecule has 1 aromatic heterocycles. The molecular weight excluding hydrogens is 226 g/mol. The topological polar surface area (TPSA) is 42.2 Å². The first kappa shape index (κ1) is 11.1. The predicted molar refractivity (Wildman–Crippen MR) is 68.2 cm³/mol. The first-order valence-electron chi connectivity index (χ1n) is 6.18. The van der Waals surface area contributed by atoms with Crippen molar-refractivity contribution in [3.05, 3.63) is 59.5 Å². The lowest BCUT2D eigenvalue weighted by atomic mass is 10.0. The largest absolute Gasteiger partial charge is 0.459 e. The number of hydrogen-bond acceptors (Lipinski definition) is 2. The minimum Gasteiger partial charge on any atom is -0.459 e. The van der Waals surface area contributed by atoms with Gasteiger partial charge in [-0.25, -0.2) is 0 Å². The number of furan rings is 1. The lowest BCUT2D eigenvalue weighted by molar-refractivity contribution is 0.0899. The van der Waals surface area contributed by atoms with Crippen molar-refractivity contribution in [3.8, 4) is 0 Å². The molecule has 3 rings (SSSR count). The Hall–Kier alpha value is -2.03. The van der Waals surface area contributed by atoms with Crippen molar-refractivity contribution in [2.75, 3.05) is 0 Å². The van der Waals surface area contributed by atoms with Crippen molar-refractivity contribution >= 4 is 5.91 Å². The van der Waals surface area contributed by atoms with E-state index in [1.807, 2.05) is 12.1 Å². The maximum absolute atomic E-state index is 12.0. The molecule has 0 saturated heterocycles. The van der Waals surface area contributed by atoms with Gasteiger partial charge in [0.05, 0.1) is 12.3 Å². The van der Waals surface area contributed by atoms with Crippen LogP contribution < -0.4 is 5.32 Å². The summed E-state index contributed by atoms with van der Waals surface area (Å²) in [6.45, 7) is 2.16. The van der Waals surface area contributed by atoms with E-state index in [-0.39, 0.29) is 11.9 Å². The molecule has 2 aromatic rings. The Balaban J connectivity index is 1.83. The van der Waals surface area contributed by atoms with Crippen molar-refractivity contribution in [2.24, 2.45) is 5.92 Å². The predicted octanol–water partition coefficient (Wildman–Crippen LogP) is 2.94. The summed E-state index contributed by atoms with van der Waals surface area (Å²) in [4.78, 5) is 12.0. The first-order valence-corrected chi connectivity index (χ1v) is 6.18. The summed E-state index contributed by atoms with van der Waals surface area (Å²) in [5.74, 6) is 0.640. The highest BCUT2D eigenvalue weighted by Crippen LogP contribution is 2.35. The zero-order valence-corrected chi connectivity index (χ0v) is 10.2. The molecule has 0 spiro atoms. The molecule has 0 bridgehead atoms. The highest BCUT2D eigenvalue weighted by atomic mass is 16.3. The molecule has 1 aliphatic carbocycles. The van der Waals surface area contributed by atoms with Crippen LogP contribution in [0.3, 0.4) is 0 Å². The molecule has 1 amide bonds. The summed E-state index contributed by atoms with van der Waals surface area (Å²) in [5, 5.41) is 3.05. The summed E-state index contributed by atoms with van der Waals surface area (Å²) in [6.07, 6.45) is 2.53. The molecule has 1 aliphatic rings. The van der Waals surface area contributed by atoms with E-state index in [1.54, 1.807) is 12.1 Å². The summed E-state index contributed by atoms with van der Waals surface area (Å²) >= 11 is 0. The highest BCUT2D eigenvalue weighted by Gasteiger charge is 2.30. The van der Waals surface area contributed by atoms with E-state index in [0.29, 0.717) is 11.7 Å². The number of rotatable bonds is 2. The minimum atomic E-state index is -0.145. The molecule has 3 nitrogen and oxygen atoms in total. The van der Waals surface area contributed by atoms with Gasteiger partial charge in [0.2, 0.25) is 0 Å². The van der Waals surface area contributed by atoms with Crippen LogP contribution in [0.1, 0.15) is 34.6 Å².